The average molecular weight is 348 g/mol. The maximum Gasteiger partial charge on any atom is 0.257 e. The molecule has 0 aliphatic carbocycles. The van der Waals surface area contributed by atoms with Gasteiger partial charge in [-0.05, 0) is 47.0 Å². The standard InChI is InChI=1S/C22H24N2O2/c1-24(2)20-10-7-17(8-11-20)13-14-23-22(25)16-26-21-12-9-18-5-3-4-6-19(18)15-21/h3-12,15H,13-14,16H2,1-2H3,(H,23,25). The third kappa shape index (κ3) is 4.76. The van der Waals surface area contributed by atoms with E-state index in [1.54, 1.807) is 0 Å². The largest absolute Gasteiger partial charge is 0.484 e. The molecule has 0 fully saturated rings. The topological polar surface area (TPSA) is 41.6 Å². The highest BCUT2D eigenvalue weighted by atomic mass is 16.5. The molecule has 0 unspecified atom stereocenters. The first-order valence-electron chi connectivity index (χ1n) is 8.76. The van der Waals surface area contributed by atoms with E-state index in [1.807, 2.05) is 50.5 Å². The van der Waals surface area contributed by atoms with Gasteiger partial charge < -0.3 is 15.0 Å². The monoisotopic (exact) mass is 348 g/mol. The van der Waals surface area contributed by atoms with Crippen LogP contribution in [0.5, 0.6) is 5.75 Å². The van der Waals surface area contributed by atoms with Crippen LogP contribution in [-0.2, 0) is 11.2 Å². The van der Waals surface area contributed by atoms with Crippen molar-refractivity contribution in [2.24, 2.45) is 0 Å². The van der Waals surface area contributed by atoms with Crippen LogP contribution < -0.4 is 15.0 Å². The number of hydrogen-bond donors (Lipinski definition) is 1. The summed E-state index contributed by atoms with van der Waals surface area (Å²) in [4.78, 5) is 14.0. The van der Waals surface area contributed by atoms with E-state index >= 15 is 0 Å². The van der Waals surface area contributed by atoms with Gasteiger partial charge in [0.05, 0.1) is 0 Å². The number of nitrogens with one attached hydrogen (secondary N) is 1. The SMILES string of the molecule is CN(C)c1ccc(CCNC(=O)COc2ccc3ccccc3c2)cc1. The van der Waals surface area contributed by atoms with Crippen molar-refractivity contribution in [2.75, 3.05) is 32.1 Å². The number of hydrogen-bond acceptors (Lipinski definition) is 3. The summed E-state index contributed by atoms with van der Waals surface area (Å²) in [5.41, 5.74) is 2.37. The van der Waals surface area contributed by atoms with Crippen molar-refractivity contribution in [3.63, 3.8) is 0 Å². The van der Waals surface area contributed by atoms with Crippen LogP contribution >= 0.6 is 0 Å². The van der Waals surface area contributed by atoms with E-state index in [0.29, 0.717) is 12.3 Å². The number of fused-ring (bicyclic) bond motifs is 1. The number of benzene rings is 3. The van der Waals surface area contributed by atoms with Crippen LogP contribution in [0, 0.1) is 0 Å². The van der Waals surface area contributed by atoms with Crippen molar-refractivity contribution in [2.45, 2.75) is 6.42 Å². The average Bonchev–Trinajstić information content (AvgIpc) is 2.66. The molecule has 0 aliphatic heterocycles. The molecule has 26 heavy (non-hydrogen) atoms. The van der Waals surface area contributed by atoms with E-state index in [4.69, 9.17) is 4.74 Å². The lowest BCUT2D eigenvalue weighted by Gasteiger charge is -2.13. The first-order valence-corrected chi connectivity index (χ1v) is 8.76. The number of anilines is 1. The lowest BCUT2D eigenvalue weighted by atomic mass is 10.1. The van der Waals surface area contributed by atoms with Crippen molar-refractivity contribution < 1.29 is 9.53 Å². The van der Waals surface area contributed by atoms with Gasteiger partial charge in [-0.1, -0.05) is 42.5 Å². The van der Waals surface area contributed by atoms with Crippen molar-refractivity contribution >= 4 is 22.4 Å². The first-order chi connectivity index (χ1) is 12.6. The summed E-state index contributed by atoms with van der Waals surface area (Å²) in [5, 5.41) is 5.16. The molecular formula is C22H24N2O2. The Hall–Kier alpha value is -3.01. The van der Waals surface area contributed by atoms with Crippen LogP contribution in [0.3, 0.4) is 0 Å². The van der Waals surface area contributed by atoms with Gasteiger partial charge >= 0.3 is 0 Å². The maximum absolute atomic E-state index is 12.0. The van der Waals surface area contributed by atoms with Gasteiger partial charge in [-0.15, -0.1) is 0 Å². The van der Waals surface area contributed by atoms with Crippen molar-refractivity contribution in [1.82, 2.24) is 5.32 Å². The predicted octanol–water partition coefficient (Wildman–Crippen LogP) is 3.64. The van der Waals surface area contributed by atoms with Gasteiger partial charge in [-0.25, -0.2) is 0 Å². The lowest BCUT2D eigenvalue weighted by Crippen LogP contribution is -2.30. The van der Waals surface area contributed by atoms with E-state index in [0.717, 1.165) is 17.2 Å². The summed E-state index contributed by atoms with van der Waals surface area (Å²) in [6.07, 6.45) is 0.801. The van der Waals surface area contributed by atoms with Gasteiger partial charge in [-0.3, -0.25) is 4.79 Å². The molecule has 0 radical (unpaired) electrons. The molecule has 0 bridgehead atoms. The van der Waals surface area contributed by atoms with Crippen LogP contribution in [-0.4, -0.2) is 33.2 Å². The van der Waals surface area contributed by atoms with Gasteiger partial charge in [0.15, 0.2) is 6.61 Å². The molecule has 0 saturated carbocycles. The van der Waals surface area contributed by atoms with Crippen LogP contribution in [0.4, 0.5) is 5.69 Å². The highest BCUT2D eigenvalue weighted by Gasteiger charge is 2.04. The molecule has 0 aliphatic rings. The normalized spacial score (nSPS) is 10.5. The summed E-state index contributed by atoms with van der Waals surface area (Å²) in [7, 11) is 4.04. The van der Waals surface area contributed by atoms with Crippen LogP contribution in [0.25, 0.3) is 10.8 Å². The Kier molecular flexibility index (Phi) is 5.74. The number of carbonyl (C=O) groups is 1. The van der Waals surface area contributed by atoms with Gasteiger partial charge in [0, 0.05) is 26.3 Å². The quantitative estimate of drug-likeness (QED) is 0.709. The molecule has 1 N–H and O–H groups in total. The summed E-state index contributed by atoms with van der Waals surface area (Å²) < 4.78 is 5.60. The van der Waals surface area contributed by atoms with E-state index in [9.17, 15) is 4.79 Å². The molecule has 1 amide bonds. The molecule has 4 nitrogen and oxygen atoms in total. The number of nitrogens with zero attached hydrogens (tertiary/aromatic N) is 1. The minimum atomic E-state index is -0.108. The summed E-state index contributed by atoms with van der Waals surface area (Å²) in [6, 6.07) is 22.3. The number of rotatable bonds is 7. The smallest absolute Gasteiger partial charge is 0.257 e. The van der Waals surface area contributed by atoms with Crippen molar-refractivity contribution in [3.8, 4) is 5.75 Å². The van der Waals surface area contributed by atoms with Gasteiger partial charge in [0.2, 0.25) is 0 Å². The zero-order valence-electron chi connectivity index (χ0n) is 15.2. The van der Waals surface area contributed by atoms with E-state index < -0.39 is 0 Å². The third-order valence-electron chi connectivity index (χ3n) is 4.28. The Morgan fingerprint density at radius 2 is 1.69 bits per heavy atom. The number of ether oxygens (including phenoxy) is 1. The van der Waals surface area contributed by atoms with Gasteiger partial charge in [0.25, 0.3) is 5.91 Å². The van der Waals surface area contributed by atoms with E-state index in [1.165, 1.54) is 11.3 Å². The third-order valence-corrected chi connectivity index (χ3v) is 4.28. The summed E-state index contributed by atoms with van der Waals surface area (Å²) in [5.74, 6) is 0.598. The molecule has 3 aromatic rings. The lowest BCUT2D eigenvalue weighted by molar-refractivity contribution is -0.123. The summed E-state index contributed by atoms with van der Waals surface area (Å²) in [6.45, 7) is 0.624. The molecule has 3 rings (SSSR count). The van der Waals surface area contributed by atoms with Gasteiger partial charge in [0.1, 0.15) is 5.75 Å². The van der Waals surface area contributed by atoms with Crippen molar-refractivity contribution in [3.05, 3.63) is 72.3 Å². The molecule has 3 aromatic carbocycles. The fourth-order valence-corrected chi connectivity index (χ4v) is 2.76. The summed E-state index contributed by atoms with van der Waals surface area (Å²) >= 11 is 0. The van der Waals surface area contributed by atoms with Crippen LogP contribution in [0.15, 0.2) is 66.7 Å². The highest BCUT2D eigenvalue weighted by Crippen LogP contribution is 2.20. The molecule has 134 valence electrons. The fourth-order valence-electron chi connectivity index (χ4n) is 2.76. The molecule has 4 heteroatoms. The Morgan fingerprint density at radius 3 is 2.42 bits per heavy atom. The van der Waals surface area contributed by atoms with Crippen LogP contribution in [0.1, 0.15) is 5.56 Å². The minimum absolute atomic E-state index is 0.0257. The number of amides is 1. The van der Waals surface area contributed by atoms with Crippen molar-refractivity contribution in [1.29, 1.82) is 0 Å². The Balaban J connectivity index is 1.43. The molecular weight excluding hydrogens is 324 g/mol. The molecule has 0 aromatic heterocycles. The molecule has 0 saturated heterocycles. The van der Waals surface area contributed by atoms with Gasteiger partial charge in [-0.2, -0.15) is 0 Å². The second-order valence-corrected chi connectivity index (χ2v) is 6.46. The first kappa shape index (κ1) is 17.8. The highest BCUT2D eigenvalue weighted by molar-refractivity contribution is 5.84. The Bertz CT molecular complexity index is 873. The predicted molar refractivity (Wildman–Crippen MR) is 107 cm³/mol. The van der Waals surface area contributed by atoms with Crippen LogP contribution in [0.2, 0.25) is 0 Å². The molecule has 0 spiro atoms. The number of carbonyl (C=O) groups excluding carboxylic acids is 1. The Labute approximate surface area is 154 Å². The van der Waals surface area contributed by atoms with E-state index in [2.05, 4.69) is 40.5 Å². The molecule has 0 atom stereocenters. The second-order valence-electron chi connectivity index (χ2n) is 6.46. The molecule has 0 heterocycles. The minimum Gasteiger partial charge on any atom is -0.484 e. The zero-order valence-corrected chi connectivity index (χ0v) is 15.2. The maximum atomic E-state index is 12.0. The van der Waals surface area contributed by atoms with E-state index in [-0.39, 0.29) is 12.5 Å². The second kappa shape index (κ2) is 8.39. The Morgan fingerprint density at radius 1 is 0.962 bits per heavy atom. The fraction of sp³-hybridized carbons (Fsp3) is 0.227. The zero-order chi connectivity index (χ0) is 18.4.